The average Bonchev–Trinajstić information content (AvgIpc) is 3.08. The van der Waals surface area contributed by atoms with Crippen LogP contribution >= 0.6 is 0 Å². The van der Waals surface area contributed by atoms with Gasteiger partial charge in [-0.15, -0.1) is 0 Å². The third-order valence-electron chi connectivity index (χ3n) is 6.13. The van der Waals surface area contributed by atoms with E-state index < -0.39 is 0 Å². The highest BCUT2D eigenvalue weighted by Gasteiger charge is 2.42. The Labute approximate surface area is 171 Å². The van der Waals surface area contributed by atoms with E-state index >= 15 is 0 Å². The van der Waals surface area contributed by atoms with Gasteiger partial charge in [0, 0.05) is 42.9 Å². The number of rotatable bonds is 5. The first-order valence-corrected chi connectivity index (χ1v) is 10.4. The van der Waals surface area contributed by atoms with Crippen molar-refractivity contribution in [3.63, 3.8) is 0 Å². The van der Waals surface area contributed by atoms with Gasteiger partial charge in [-0.2, -0.15) is 5.10 Å². The van der Waals surface area contributed by atoms with E-state index in [-0.39, 0.29) is 24.0 Å². The lowest BCUT2D eigenvalue weighted by Crippen LogP contribution is -2.54. The van der Waals surface area contributed by atoms with Gasteiger partial charge in [0.15, 0.2) is 0 Å². The fourth-order valence-electron chi connectivity index (χ4n) is 4.69. The van der Waals surface area contributed by atoms with E-state index in [1.54, 1.807) is 12.1 Å². The summed E-state index contributed by atoms with van der Waals surface area (Å²) in [6.07, 6.45) is 1.84. The highest BCUT2D eigenvalue weighted by atomic mass is 19.1. The molecule has 5 rings (SSSR count). The highest BCUT2D eigenvalue weighted by Crippen LogP contribution is 2.42. The molecule has 0 saturated carbocycles. The van der Waals surface area contributed by atoms with Gasteiger partial charge >= 0.3 is 6.09 Å². The van der Waals surface area contributed by atoms with Crippen molar-refractivity contribution >= 4 is 6.09 Å². The first kappa shape index (κ1) is 19.9. The lowest BCUT2D eigenvalue weighted by Gasteiger charge is -2.49. The minimum Gasteiger partial charge on any atom is -0.448 e. The van der Waals surface area contributed by atoms with Crippen molar-refractivity contribution in [2.75, 3.05) is 19.7 Å². The largest absolute Gasteiger partial charge is 0.448 e. The smallest absolute Gasteiger partial charge is 0.407 e. The molecule has 0 aliphatic carbocycles. The van der Waals surface area contributed by atoms with Gasteiger partial charge in [0.2, 0.25) is 0 Å². The molecule has 1 aromatic carbocycles. The van der Waals surface area contributed by atoms with Gasteiger partial charge in [-0.05, 0) is 69.5 Å². The molecule has 1 N–H and O–H groups in total. The predicted molar refractivity (Wildman–Crippen MR) is 109 cm³/mol. The second kappa shape index (κ2) is 8.14. The SMILES string of the molecule is CC(C)NC(=O)OCC1CC2CCN1CC2c1cc(-c2ccc(F)cc2)nn1C. The maximum Gasteiger partial charge on any atom is 0.407 e. The molecule has 0 radical (unpaired) electrons. The van der Waals surface area contributed by atoms with E-state index in [1.807, 2.05) is 25.6 Å². The van der Waals surface area contributed by atoms with Crippen LogP contribution in [0.3, 0.4) is 0 Å². The van der Waals surface area contributed by atoms with Gasteiger partial charge in [0.25, 0.3) is 0 Å². The molecule has 2 aromatic rings. The van der Waals surface area contributed by atoms with Crippen LogP contribution in [0.4, 0.5) is 9.18 Å². The van der Waals surface area contributed by atoms with Gasteiger partial charge in [0.05, 0.1) is 5.69 Å². The van der Waals surface area contributed by atoms with Crippen LogP contribution in [0.15, 0.2) is 30.3 Å². The first-order chi connectivity index (χ1) is 13.9. The van der Waals surface area contributed by atoms with Crippen LogP contribution in [0.1, 0.15) is 38.3 Å². The van der Waals surface area contributed by atoms with Gasteiger partial charge in [-0.25, -0.2) is 9.18 Å². The number of piperidine rings is 3. The number of nitrogens with one attached hydrogen (secondary N) is 1. The van der Waals surface area contributed by atoms with E-state index in [0.29, 0.717) is 18.4 Å². The van der Waals surface area contributed by atoms with Crippen molar-refractivity contribution in [2.45, 2.75) is 44.7 Å². The number of hydrogen-bond donors (Lipinski definition) is 1. The molecule has 3 saturated heterocycles. The maximum absolute atomic E-state index is 13.2. The zero-order chi connectivity index (χ0) is 20.5. The van der Waals surface area contributed by atoms with Crippen molar-refractivity contribution in [1.29, 1.82) is 0 Å². The molecule has 4 atom stereocenters. The Kier molecular flexibility index (Phi) is 5.58. The molecular weight excluding hydrogens is 371 g/mol. The fraction of sp³-hybridized carbons (Fsp3) is 0.545. The van der Waals surface area contributed by atoms with Crippen molar-refractivity contribution in [3.8, 4) is 11.3 Å². The number of aryl methyl sites for hydroxylation is 1. The van der Waals surface area contributed by atoms with Gasteiger partial charge in [-0.1, -0.05) is 0 Å². The molecule has 6 nitrogen and oxygen atoms in total. The zero-order valence-corrected chi connectivity index (χ0v) is 17.3. The summed E-state index contributed by atoms with van der Waals surface area (Å²) in [7, 11) is 1.98. The summed E-state index contributed by atoms with van der Waals surface area (Å²) >= 11 is 0. The molecule has 156 valence electrons. The number of alkyl carbamates (subject to hydrolysis) is 1. The molecule has 3 aliphatic rings. The number of hydrogen-bond acceptors (Lipinski definition) is 4. The van der Waals surface area contributed by atoms with E-state index in [4.69, 9.17) is 4.74 Å². The summed E-state index contributed by atoms with van der Waals surface area (Å²) < 4.78 is 20.6. The Morgan fingerprint density at radius 3 is 2.76 bits per heavy atom. The summed E-state index contributed by atoms with van der Waals surface area (Å²) in [5, 5.41) is 7.45. The Bertz CT molecular complexity index is 864. The highest BCUT2D eigenvalue weighted by molar-refractivity contribution is 5.67. The van der Waals surface area contributed by atoms with Crippen molar-refractivity contribution in [2.24, 2.45) is 13.0 Å². The molecule has 0 spiro atoms. The van der Waals surface area contributed by atoms with Crippen LogP contribution in [-0.4, -0.2) is 52.6 Å². The number of carbonyl (C=O) groups is 1. The lowest BCUT2D eigenvalue weighted by molar-refractivity contribution is -0.00441. The van der Waals surface area contributed by atoms with Crippen LogP contribution in [0.2, 0.25) is 0 Å². The second-order valence-corrected chi connectivity index (χ2v) is 8.52. The maximum atomic E-state index is 13.2. The Hall–Kier alpha value is -2.41. The minimum atomic E-state index is -0.338. The Morgan fingerprint density at radius 2 is 2.10 bits per heavy atom. The van der Waals surface area contributed by atoms with Crippen molar-refractivity contribution in [1.82, 2.24) is 20.0 Å². The number of halogens is 1. The quantitative estimate of drug-likeness (QED) is 0.834. The number of benzene rings is 1. The summed E-state index contributed by atoms with van der Waals surface area (Å²) in [6.45, 7) is 6.28. The van der Waals surface area contributed by atoms with Crippen molar-refractivity contribution < 1.29 is 13.9 Å². The molecule has 3 aliphatic heterocycles. The van der Waals surface area contributed by atoms with Crippen LogP contribution in [0.5, 0.6) is 0 Å². The standard InChI is InChI=1S/C22H29FN4O2/c1-14(2)24-22(28)29-13-18-10-16-8-9-27(18)12-19(16)21-11-20(25-26(21)3)15-4-6-17(23)7-5-15/h4-7,11,14,16,18-19H,8-10,12-13H2,1-3H3,(H,24,28). The lowest BCUT2D eigenvalue weighted by atomic mass is 9.74. The summed E-state index contributed by atoms with van der Waals surface area (Å²) in [5.74, 6) is 0.729. The van der Waals surface area contributed by atoms with Crippen LogP contribution in [0, 0.1) is 11.7 Å². The van der Waals surface area contributed by atoms with E-state index in [0.717, 1.165) is 37.2 Å². The molecule has 4 unspecified atom stereocenters. The van der Waals surface area contributed by atoms with Crippen LogP contribution in [-0.2, 0) is 11.8 Å². The van der Waals surface area contributed by atoms with E-state index in [9.17, 15) is 9.18 Å². The molecule has 3 fully saturated rings. The van der Waals surface area contributed by atoms with Gasteiger partial charge in [0.1, 0.15) is 12.4 Å². The molecule has 1 amide bonds. The molecule has 29 heavy (non-hydrogen) atoms. The van der Waals surface area contributed by atoms with Crippen LogP contribution in [0.25, 0.3) is 11.3 Å². The normalized spacial score (nSPS) is 26.0. The topological polar surface area (TPSA) is 59.4 Å². The third kappa shape index (κ3) is 4.29. The minimum absolute atomic E-state index is 0.0788. The number of nitrogens with zero attached hydrogens (tertiary/aromatic N) is 3. The first-order valence-electron chi connectivity index (χ1n) is 10.4. The van der Waals surface area contributed by atoms with Crippen LogP contribution < -0.4 is 5.32 Å². The summed E-state index contributed by atoms with van der Waals surface area (Å²) in [4.78, 5) is 14.2. The zero-order valence-electron chi connectivity index (χ0n) is 17.3. The summed E-state index contributed by atoms with van der Waals surface area (Å²) in [5.41, 5.74) is 3.03. The molecule has 4 heterocycles. The number of ether oxygens (including phenoxy) is 1. The van der Waals surface area contributed by atoms with E-state index in [1.165, 1.54) is 17.8 Å². The second-order valence-electron chi connectivity index (χ2n) is 8.52. The number of amides is 1. The van der Waals surface area contributed by atoms with Gasteiger partial charge in [-0.3, -0.25) is 9.58 Å². The average molecular weight is 400 g/mol. The number of carbonyl (C=O) groups excluding carboxylic acids is 1. The van der Waals surface area contributed by atoms with Gasteiger partial charge < -0.3 is 10.1 Å². The molecule has 1 aromatic heterocycles. The fourth-order valence-corrected chi connectivity index (χ4v) is 4.69. The third-order valence-corrected chi connectivity index (χ3v) is 6.13. The summed E-state index contributed by atoms with van der Waals surface area (Å²) in [6, 6.07) is 8.99. The molecule has 2 bridgehead atoms. The number of fused-ring (bicyclic) bond motifs is 3. The Morgan fingerprint density at radius 1 is 1.34 bits per heavy atom. The van der Waals surface area contributed by atoms with E-state index in [2.05, 4.69) is 21.4 Å². The van der Waals surface area contributed by atoms with Crippen molar-refractivity contribution in [3.05, 3.63) is 41.8 Å². The Balaban J connectivity index is 1.43. The molecular formula is C22H29FN4O2. The monoisotopic (exact) mass is 400 g/mol. The number of aromatic nitrogens is 2. The molecule has 7 heteroatoms. The predicted octanol–water partition coefficient (Wildman–Crippen LogP) is 3.54.